The number of carbonyl (C=O) groups is 3. The van der Waals surface area contributed by atoms with Gasteiger partial charge in [-0.1, -0.05) is 25.1 Å². The monoisotopic (exact) mass is 400 g/mol. The van der Waals surface area contributed by atoms with Crippen molar-refractivity contribution in [2.45, 2.75) is 46.7 Å². The zero-order valence-corrected chi connectivity index (χ0v) is 17.3. The number of para-hydroxylation sites is 1. The molecule has 1 saturated heterocycles. The van der Waals surface area contributed by atoms with Gasteiger partial charge in [-0.05, 0) is 44.9 Å². The van der Waals surface area contributed by atoms with Gasteiger partial charge in [0.05, 0.1) is 17.9 Å². The first kappa shape index (κ1) is 22.1. The van der Waals surface area contributed by atoms with E-state index in [1.54, 1.807) is 9.80 Å². The Hall–Kier alpha value is -3.16. The molecule has 2 heterocycles. The van der Waals surface area contributed by atoms with Crippen molar-refractivity contribution in [3.63, 3.8) is 0 Å². The lowest BCUT2D eigenvalue weighted by Gasteiger charge is -2.39. The van der Waals surface area contributed by atoms with Gasteiger partial charge in [-0.25, -0.2) is 4.68 Å². The normalized spacial score (nSPS) is 16.5. The number of aryl methyl sites for hydroxylation is 2. The second kappa shape index (κ2) is 9.86. The van der Waals surface area contributed by atoms with Crippen molar-refractivity contribution >= 4 is 18.3 Å². The molecule has 2 aromatic rings. The van der Waals surface area contributed by atoms with Crippen LogP contribution in [-0.2, 0) is 20.9 Å². The topological polar surface area (TPSA) is 95.7 Å². The van der Waals surface area contributed by atoms with Crippen LogP contribution in [0.25, 0.3) is 5.69 Å². The minimum Gasteiger partial charge on any atom is -0.483 e. The minimum absolute atomic E-state index is 0.00581. The summed E-state index contributed by atoms with van der Waals surface area (Å²) < 4.78 is 1.90. The minimum atomic E-state index is -0.448. The zero-order valence-electron chi connectivity index (χ0n) is 17.3. The van der Waals surface area contributed by atoms with Crippen LogP contribution in [0.4, 0.5) is 0 Å². The van der Waals surface area contributed by atoms with E-state index in [1.807, 2.05) is 62.7 Å². The summed E-state index contributed by atoms with van der Waals surface area (Å²) in [7, 11) is 0. The number of amides is 2. The molecule has 0 aliphatic carbocycles. The molecule has 1 N–H and O–H groups in total. The van der Waals surface area contributed by atoms with Gasteiger partial charge in [0.25, 0.3) is 6.47 Å². The van der Waals surface area contributed by atoms with Gasteiger partial charge in [-0.2, -0.15) is 5.10 Å². The summed E-state index contributed by atoms with van der Waals surface area (Å²) in [4.78, 5) is 37.0. The zero-order chi connectivity index (χ0) is 21.6. The van der Waals surface area contributed by atoms with Gasteiger partial charge >= 0.3 is 0 Å². The molecule has 0 spiro atoms. The molecule has 1 atom stereocenters. The lowest BCUT2D eigenvalue weighted by molar-refractivity contribution is -0.155. The van der Waals surface area contributed by atoms with Gasteiger partial charge in [0.2, 0.25) is 11.8 Å². The van der Waals surface area contributed by atoms with Crippen LogP contribution < -0.4 is 0 Å². The summed E-state index contributed by atoms with van der Waals surface area (Å²) in [5.74, 6) is 0.0174. The van der Waals surface area contributed by atoms with Crippen molar-refractivity contribution in [2.75, 3.05) is 13.1 Å². The van der Waals surface area contributed by atoms with Crippen LogP contribution in [0, 0.1) is 13.8 Å². The maximum Gasteiger partial charge on any atom is 0.290 e. The van der Waals surface area contributed by atoms with E-state index in [0.717, 1.165) is 29.1 Å². The first-order valence-electron chi connectivity index (χ1n) is 9.61. The summed E-state index contributed by atoms with van der Waals surface area (Å²) in [6, 6.07) is 9.49. The molecule has 8 nitrogen and oxygen atoms in total. The molecule has 0 saturated carbocycles. The fourth-order valence-electron chi connectivity index (χ4n) is 3.54. The van der Waals surface area contributed by atoms with Gasteiger partial charge in [0, 0.05) is 18.8 Å². The van der Waals surface area contributed by atoms with E-state index < -0.39 is 6.04 Å². The Morgan fingerprint density at radius 3 is 2.48 bits per heavy atom. The van der Waals surface area contributed by atoms with Crippen molar-refractivity contribution in [3.8, 4) is 5.69 Å². The molecule has 8 heteroatoms. The van der Waals surface area contributed by atoms with Crippen LogP contribution in [0.5, 0.6) is 0 Å². The van der Waals surface area contributed by atoms with Crippen LogP contribution in [0.1, 0.15) is 37.2 Å². The molecular weight excluding hydrogens is 372 g/mol. The average Bonchev–Trinajstić information content (AvgIpc) is 3.02. The number of aromatic nitrogens is 2. The number of carbonyl (C=O) groups excluding carboxylic acids is 2. The summed E-state index contributed by atoms with van der Waals surface area (Å²) in [5, 5.41) is 11.5. The maximum atomic E-state index is 12.7. The molecule has 2 amide bonds. The maximum absolute atomic E-state index is 12.7. The van der Waals surface area contributed by atoms with Crippen LogP contribution in [0.3, 0.4) is 0 Å². The Morgan fingerprint density at radius 1 is 1.24 bits per heavy atom. The van der Waals surface area contributed by atoms with Crippen LogP contribution in [-0.4, -0.2) is 62.1 Å². The third-order valence-corrected chi connectivity index (χ3v) is 4.85. The summed E-state index contributed by atoms with van der Waals surface area (Å²) >= 11 is 0. The molecular formula is C21H28N4O4. The Balaban J connectivity index is 0.000000941. The van der Waals surface area contributed by atoms with E-state index in [1.165, 1.54) is 0 Å². The standard InChI is InChI=1S/C20H26N4O2.CH2O2/c1-5-10-22-13-19(25)23(16(4)20(22)26)12-17-8-6-7-9-18(17)24-15(3)11-14(2)21-24;2-1-3/h6-9,11,16H,5,10,12-13H2,1-4H3;1H,(H,2,3)/t16-;/m0./s1. The van der Waals surface area contributed by atoms with E-state index in [-0.39, 0.29) is 24.8 Å². The fraction of sp³-hybridized carbons (Fsp3) is 0.429. The number of piperazine rings is 1. The average molecular weight is 400 g/mol. The van der Waals surface area contributed by atoms with Gasteiger partial charge in [0.15, 0.2) is 0 Å². The molecule has 1 fully saturated rings. The van der Waals surface area contributed by atoms with Crippen molar-refractivity contribution in [1.29, 1.82) is 0 Å². The van der Waals surface area contributed by atoms with E-state index >= 15 is 0 Å². The quantitative estimate of drug-likeness (QED) is 0.776. The molecule has 1 aromatic carbocycles. The lowest BCUT2D eigenvalue weighted by Crippen LogP contribution is -2.58. The number of benzene rings is 1. The van der Waals surface area contributed by atoms with Gasteiger partial charge < -0.3 is 14.9 Å². The Morgan fingerprint density at radius 2 is 1.90 bits per heavy atom. The van der Waals surface area contributed by atoms with Gasteiger partial charge in [0.1, 0.15) is 6.04 Å². The van der Waals surface area contributed by atoms with Gasteiger partial charge in [-0.3, -0.25) is 14.4 Å². The number of hydrogen-bond donors (Lipinski definition) is 1. The fourth-order valence-corrected chi connectivity index (χ4v) is 3.54. The molecule has 0 unspecified atom stereocenters. The summed E-state index contributed by atoms with van der Waals surface area (Å²) in [6.07, 6.45) is 0.854. The highest BCUT2D eigenvalue weighted by Gasteiger charge is 2.36. The predicted octanol–water partition coefficient (Wildman–Crippen LogP) is 2.16. The molecule has 1 aliphatic heterocycles. The SMILES string of the molecule is CCCN1CC(=O)N(Cc2ccccc2-n2nc(C)cc2C)[C@@H](C)C1=O.O=CO. The molecule has 1 aromatic heterocycles. The molecule has 29 heavy (non-hydrogen) atoms. The number of nitrogens with zero attached hydrogens (tertiary/aromatic N) is 4. The second-order valence-electron chi connectivity index (χ2n) is 7.03. The molecule has 0 bridgehead atoms. The number of hydrogen-bond acceptors (Lipinski definition) is 4. The van der Waals surface area contributed by atoms with E-state index in [9.17, 15) is 9.59 Å². The molecule has 0 radical (unpaired) electrons. The highest BCUT2D eigenvalue weighted by Crippen LogP contribution is 2.22. The van der Waals surface area contributed by atoms with Crippen LogP contribution >= 0.6 is 0 Å². The Labute approximate surface area is 170 Å². The Kier molecular flexibility index (Phi) is 7.52. The van der Waals surface area contributed by atoms with E-state index in [2.05, 4.69) is 5.10 Å². The predicted molar refractivity (Wildman–Crippen MR) is 109 cm³/mol. The smallest absolute Gasteiger partial charge is 0.290 e. The molecule has 3 rings (SSSR count). The highest BCUT2D eigenvalue weighted by molar-refractivity contribution is 5.94. The van der Waals surface area contributed by atoms with Crippen molar-refractivity contribution in [2.24, 2.45) is 0 Å². The number of carboxylic acid groups (broad SMARTS) is 1. The third kappa shape index (κ3) is 5.01. The van der Waals surface area contributed by atoms with Crippen LogP contribution in [0.2, 0.25) is 0 Å². The van der Waals surface area contributed by atoms with E-state index in [0.29, 0.717) is 13.1 Å². The molecule has 156 valence electrons. The van der Waals surface area contributed by atoms with E-state index in [4.69, 9.17) is 9.90 Å². The first-order chi connectivity index (χ1) is 13.8. The van der Waals surface area contributed by atoms with Crippen molar-refractivity contribution < 1.29 is 19.5 Å². The Bertz CT molecular complexity index is 877. The highest BCUT2D eigenvalue weighted by atomic mass is 16.3. The third-order valence-electron chi connectivity index (χ3n) is 4.85. The number of rotatable bonds is 5. The lowest BCUT2D eigenvalue weighted by atomic mass is 10.1. The van der Waals surface area contributed by atoms with Crippen LogP contribution in [0.15, 0.2) is 30.3 Å². The van der Waals surface area contributed by atoms with Crippen molar-refractivity contribution in [1.82, 2.24) is 19.6 Å². The largest absolute Gasteiger partial charge is 0.483 e. The first-order valence-corrected chi connectivity index (χ1v) is 9.61. The summed E-state index contributed by atoms with van der Waals surface area (Å²) in [5.41, 5.74) is 3.92. The van der Waals surface area contributed by atoms with Gasteiger partial charge in [-0.15, -0.1) is 0 Å². The second-order valence-corrected chi connectivity index (χ2v) is 7.03. The van der Waals surface area contributed by atoms with Crippen molar-refractivity contribution in [3.05, 3.63) is 47.3 Å². The molecule has 1 aliphatic rings. The summed E-state index contributed by atoms with van der Waals surface area (Å²) in [6.45, 7) is 8.75.